The molecule has 0 amide bonds. The highest BCUT2D eigenvalue weighted by Gasteiger charge is 2.22. The molecule has 13 heavy (non-hydrogen) atoms. The highest BCUT2D eigenvalue weighted by molar-refractivity contribution is 4.79. The SMILES string of the molecule is CCNC1CCC(CCCOC)C1. The molecule has 78 valence electrons. The van der Waals surface area contributed by atoms with Crippen molar-refractivity contribution >= 4 is 0 Å². The first-order valence-corrected chi connectivity index (χ1v) is 5.59. The molecule has 0 aliphatic heterocycles. The van der Waals surface area contributed by atoms with E-state index in [0.717, 1.165) is 25.1 Å². The van der Waals surface area contributed by atoms with Crippen molar-refractivity contribution in [2.75, 3.05) is 20.3 Å². The van der Waals surface area contributed by atoms with Crippen molar-refractivity contribution < 1.29 is 4.74 Å². The van der Waals surface area contributed by atoms with Crippen LogP contribution < -0.4 is 5.32 Å². The summed E-state index contributed by atoms with van der Waals surface area (Å²) >= 11 is 0. The predicted octanol–water partition coefficient (Wildman–Crippen LogP) is 2.19. The van der Waals surface area contributed by atoms with Gasteiger partial charge in [-0.25, -0.2) is 0 Å². The van der Waals surface area contributed by atoms with E-state index in [4.69, 9.17) is 4.74 Å². The van der Waals surface area contributed by atoms with E-state index >= 15 is 0 Å². The fourth-order valence-corrected chi connectivity index (χ4v) is 2.33. The Hall–Kier alpha value is -0.0800. The Kier molecular flexibility index (Phi) is 5.40. The number of nitrogens with one attached hydrogen (secondary N) is 1. The van der Waals surface area contributed by atoms with Crippen LogP contribution >= 0.6 is 0 Å². The predicted molar refractivity (Wildman–Crippen MR) is 55.9 cm³/mol. The minimum atomic E-state index is 0.803. The minimum Gasteiger partial charge on any atom is -0.385 e. The van der Waals surface area contributed by atoms with Crippen LogP contribution in [0.3, 0.4) is 0 Å². The Morgan fingerprint density at radius 3 is 2.92 bits per heavy atom. The van der Waals surface area contributed by atoms with Crippen LogP contribution in [-0.4, -0.2) is 26.3 Å². The fraction of sp³-hybridized carbons (Fsp3) is 1.00. The van der Waals surface area contributed by atoms with Gasteiger partial charge in [-0.2, -0.15) is 0 Å². The Bertz CT molecular complexity index is 127. The van der Waals surface area contributed by atoms with Crippen LogP contribution in [-0.2, 0) is 4.74 Å². The van der Waals surface area contributed by atoms with Gasteiger partial charge < -0.3 is 10.1 Å². The van der Waals surface area contributed by atoms with Crippen LogP contribution in [0.2, 0.25) is 0 Å². The fourth-order valence-electron chi connectivity index (χ4n) is 2.33. The van der Waals surface area contributed by atoms with Crippen molar-refractivity contribution in [1.82, 2.24) is 5.32 Å². The quantitative estimate of drug-likeness (QED) is 0.640. The van der Waals surface area contributed by atoms with Gasteiger partial charge >= 0.3 is 0 Å². The summed E-state index contributed by atoms with van der Waals surface area (Å²) in [5, 5.41) is 3.53. The number of hydrogen-bond donors (Lipinski definition) is 1. The molecule has 1 N–H and O–H groups in total. The van der Waals surface area contributed by atoms with Crippen LogP contribution in [0.5, 0.6) is 0 Å². The molecule has 0 saturated heterocycles. The average molecular weight is 185 g/mol. The Labute approximate surface area is 82.0 Å². The molecule has 0 aromatic heterocycles. The van der Waals surface area contributed by atoms with E-state index in [2.05, 4.69) is 12.2 Å². The first-order valence-electron chi connectivity index (χ1n) is 5.59. The molecule has 0 heterocycles. The van der Waals surface area contributed by atoms with Crippen LogP contribution in [0.4, 0.5) is 0 Å². The number of methoxy groups -OCH3 is 1. The van der Waals surface area contributed by atoms with E-state index in [1.807, 2.05) is 0 Å². The van der Waals surface area contributed by atoms with E-state index < -0.39 is 0 Å². The van der Waals surface area contributed by atoms with Crippen molar-refractivity contribution in [3.05, 3.63) is 0 Å². The normalized spacial score (nSPS) is 28.2. The molecule has 1 fully saturated rings. The number of hydrogen-bond acceptors (Lipinski definition) is 2. The summed E-state index contributed by atoms with van der Waals surface area (Å²) in [6, 6.07) is 0.803. The first-order chi connectivity index (χ1) is 6.36. The summed E-state index contributed by atoms with van der Waals surface area (Å²) in [5.41, 5.74) is 0. The summed E-state index contributed by atoms with van der Waals surface area (Å²) in [6.45, 7) is 4.25. The van der Waals surface area contributed by atoms with Gasteiger partial charge in [0.2, 0.25) is 0 Å². The summed E-state index contributed by atoms with van der Waals surface area (Å²) in [7, 11) is 1.79. The van der Waals surface area contributed by atoms with E-state index in [1.54, 1.807) is 7.11 Å². The molecule has 0 spiro atoms. The second-order valence-corrected chi connectivity index (χ2v) is 4.07. The zero-order valence-corrected chi connectivity index (χ0v) is 9.01. The van der Waals surface area contributed by atoms with Crippen molar-refractivity contribution in [2.24, 2.45) is 5.92 Å². The lowest BCUT2D eigenvalue weighted by atomic mass is 10.0. The second-order valence-electron chi connectivity index (χ2n) is 4.07. The molecule has 2 heteroatoms. The number of rotatable bonds is 6. The van der Waals surface area contributed by atoms with Gasteiger partial charge in [-0.3, -0.25) is 0 Å². The summed E-state index contributed by atoms with van der Waals surface area (Å²) in [5.74, 6) is 0.958. The van der Waals surface area contributed by atoms with Gasteiger partial charge in [0, 0.05) is 19.8 Å². The van der Waals surface area contributed by atoms with E-state index in [-0.39, 0.29) is 0 Å². The maximum Gasteiger partial charge on any atom is 0.0462 e. The van der Waals surface area contributed by atoms with Gasteiger partial charge in [0.15, 0.2) is 0 Å². The van der Waals surface area contributed by atoms with Gasteiger partial charge in [0.05, 0.1) is 0 Å². The Balaban J connectivity index is 2.03. The van der Waals surface area contributed by atoms with Crippen LogP contribution in [0.1, 0.15) is 39.0 Å². The molecule has 0 aromatic rings. The largest absolute Gasteiger partial charge is 0.385 e. The minimum absolute atomic E-state index is 0.803. The molecule has 0 radical (unpaired) electrons. The van der Waals surface area contributed by atoms with E-state index in [1.165, 1.54) is 32.1 Å². The number of ether oxygens (including phenoxy) is 1. The molecule has 1 aliphatic rings. The van der Waals surface area contributed by atoms with Crippen LogP contribution in [0.25, 0.3) is 0 Å². The molecular weight excluding hydrogens is 162 g/mol. The van der Waals surface area contributed by atoms with Crippen molar-refractivity contribution in [3.8, 4) is 0 Å². The topological polar surface area (TPSA) is 21.3 Å². The van der Waals surface area contributed by atoms with Crippen molar-refractivity contribution in [2.45, 2.75) is 45.1 Å². The van der Waals surface area contributed by atoms with Crippen molar-refractivity contribution in [1.29, 1.82) is 0 Å². The molecule has 2 atom stereocenters. The van der Waals surface area contributed by atoms with E-state index in [0.29, 0.717) is 0 Å². The summed E-state index contributed by atoms with van der Waals surface area (Å²) < 4.78 is 5.06. The molecule has 1 aliphatic carbocycles. The lowest BCUT2D eigenvalue weighted by Crippen LogP contribution is -2.25. The smallest absolute Gasteiger partial charge is 0.0462 e. The summed E-state index contributed by atoms with van der Waals surface area (Å²) in [4.78, 5) is 0. The summed E-state index contributed by atoms with van der Waals surface area (Å²) in [6.07, 6.45) is 6.78. The van der Waals surface area contributed by atoms with Gasteiger partial charge in [-0.1, -0.05) is 6.92 Å². The monoisotopic (exact) mass is 185 g/mol. The van der Waals surface area contributed by atoms with Crippen LogP contribution in [0.15, 0.2) is 0 Å². The van der Waals surface area contributed by atoms with Crippen LogP contribution in [0, 0.1) is 5.92 Å². The maximum atomic E-state index is 5.06. The molecule has 1 saturated carbocycles. The first kappa shape index (κ1) is 11.0. The highest BCUT2D eigenvalue weighted by Crippen LogP contribution is 2.28. The standard InChI is InChI=1S/C11H23NO/c1-3-12-11-7-6-10(9-11)5-4-8-13-2/h10-12H,3-9H2,1-2H3. The maximum absolute atomic E-state index is 5.06. The lowest BCUT2D eigenvalue weighted by Gasteiger charge is -2.11. The second kappa shape index (κ2) is 6.39. The van der Waals surface area contributed by atoms with Gasteiger partial charge in [-0.05, 0) is 44.6 Å². The zero-order chi connectivity index (χ0) is 9.52. The molecule has 0 aromatic carbocycles. The molecule has 2 unspecified atom stereocenters. The third kappa shape index (κ3) is 4.10. The Morgan fingerprint density at radius 2 is 2.23 bits per heavy atom. The molecule has 2 nitrogen and oxygen atoms in total. The zero-order valence-electron chi connectivity index (χ0n) is 9.01. The van der Waals surface area contributed by atoms with Gasteiger partial charge in [0.1, 0.15) is 0 Å². The average Bonchev–Trinajstić information content (AvgIpc) is 2.54. The van der Waals surface area contributed by atoms with Gasteiger partial charge in [-0.15, -0.1) is 0 Å². The third-order valence-corrected chi connectivity index (χ3v) is 2.99. The molecule has 0 bridgehead atoms. The molecule has 1 rings (SSSR count). The highest BCUT2D eigenvalue weighted by atomic mass is 16.5. The Morgan fingerprint density at radius 1 is 1.38 bits per heavy atom. The molecular formula is C11H23NO. The lowest BCUT2D eigenvalue weighted by molar-refractivity contribution is 0.187. The van der Waals surface area contributed by atoms with E-state index in [9.17, 15) is 0 Å². The van der Waals surface area contributed by atoms with Gasteiger partial charge in [0.25, 0.3) is 0 Å². The van der Waals surface area contributed by atoms with Crippen molar-refractivity contribution in [3.63, 3.8) is 0 Å². The third-order valence-electron chi connectivity index (χ3n) is 2.99.